The van der Waals surface area contributed by atoms with E-state index in [-0.39, 0.29) is 5.69 Å². The van der Waals surface area contributed by atoms with E-state index in [1.165, 1.54) is 11.3 Å². The van der Waals surface area contributed by atoms with Gasteiger partial charge in [0.1, 0.15) is 5.82 Å². The summed E-state index contributed by atoms with van der Waals surface area (Å²) < 4.78 is 2.11. The van der Waals surface area contributed by atoms with Crippen molar-refractivity contribution in [3.63, 3.8) is 0 Å². The molecule has 94 valence electrons. The van der Waals surface area contributed by atoms with Crippen molar-refractivity contribution in [2.45, 2.75) is 20.0 Å². The molecule has 0 unspecified atom stereocenters. The maximum atomic E-state index is 11.0. The van der Waals surface area contributed by atoms with Gasteiger partial charge in [-0.3, -0.25) is 0 Å². The highest BCUT2D eigenvalue weighted by molar-refractivity contribution is 7.15. The fraction of sp³-hybridized carbons (Fsp3) is 0.364. The predicted octanol–water partition coefficient (Wildman–Crippen LogP) is 1.37. The zero-order valence-electron chi connectivity index (χ0n) is 9.83. The monoisotopic (exact) mass is 264 g/mol. The van der Waals surface area contributed by atoms with Crippen LogP contribution >= 0.6 is 11.3 Å². The van der Waals surface area contributed by atoms with E-state index in [0.717, 1.165) is 28.9 Å². The van der Waals surface area contributed by atoms with E-state index in [0.29, 0.717) is 6.54 Å². The number of imidazole rings is 1. The number of carboxylic acid groups (broad SMARTS) is 1. The lowest BCUT2D eigenvalue weighted by atomic mass is 10.4. The molecule has 3 heterocycles. The summed E-state index contributed by atoms with van der Waals surface area (Å²) in [5.74, 6) is 0.0273. The Labute approximate surface area is 108 Å². The summed E-state index contributed by atoms with van der Waals surface area (Å²) in [6, 6.07) is 0. The summed E-state index contributed by atoms with van der Waals surface area (Å²) in [6.07, 6.45) is 3.75. The maximum Gasteiger partial charge on any atom is 0.355 e. The molecule has 0 fully saturated rings. The molecule has 0 saturated heterocycles. The molecule has 0 radical (unpaired) electrons. The van der Waals surface area contributed by atoms with Crippen LogP contribution in [0.15, 0.2) is 12.4 Å². The van der Waals surface area contributed by atoms with Crippen LogP contribution in [0.3, 0.4) is 0 Å². The van der Waals surface area contributed by atoms with Crippen LogP contribution in [0.4, 0.5) is 5.13 Å². The first-order valence-electron chi connectivity index (χ1n) is 5.61. The van der Waals surface area contributed by atoms with E-state index in [1.807, 2.05) is 6.20 Å². The first-order chi connectivity index (χ1) is 8.65. The summed E-state index contributed by atoms with van der Waals surface area (Å²) in [5, 5.41) is 9.77. The van der Waals surface area contributed by atoms with Crippen LogP contribution in [0.1, 0.15) is 21.2 Å². The van der Waals surface area contributed by atoms with Gasteiger partial charge in [-0.25, -0.2) is 14.8 Å². The number of carboxylic acids is 1. The molecule has 0 saturated carbocycles. The third-order valence-electron chi connectivity index (χ3n) is 3.00. The van der Waals surface area contributed by atoms with Crippen molar-refractivity contribution in [2.24, 2.45) is 0 Å². The fourth-order valence-corrected chi connectivity index (χ4v) is 2.98. The van der Waals surface area contributed by atoms with Crippen molar-refractivity contribution in [2.75, 3.05) is 11.4 Å². The van der Waals surface area contributed by atoms with E-state index in [9.17, 15) is 4.79 Å². The molecule has 0 aromatic carbocycles. The van der Waals surface area contributed by atoms with Crippen molar-refractivity contribution in [1.82, 2.24) is 14.5 Å². The largest absolute Gasteiger partial charge is 0.476 e. The zero-order chi connectivity index (χ0) is 12.7. The SMILES string of the molecule is Cc1sc(N2CCn3ccnc3C2)nc1C(=O)O. The Bertz CT molecular complexity index is 604. The molecule has 1 aliphatic rings. The number of rotatable bonds is 2. The molecule has 18 heavy (non-hydrogen) atoms. The number of hydrogen-bond donors (Lipinski definition) is 1. The van der Waals surface area contributed by atoms with Crippen molar-refractivity contribution in [3.05, 3.63) is 28.8 Å². The third kappa shape index (κ3) is 1.76. The van der Waals surface area contributed by atoms with Crippen LogP contribution in [0.5, 0.6) is 0 Å². The molecule has 1 aliphatic heterocycles. The summed E-state index contributed by atoms with van der Waals surface area (Å²) >= 11 is 1.42. The number of thiazole rings is 1. The Morgan fingerprint density at radius 2 is 2.33 bits per heavy atom. The second-order valence-electron chi connectivity index (χ2n) is 4.16. The molecule has 2 aromatic rings. The molecule has 0 amide bonds. The van der Waals surface area contributed by atoms with Gasteiger partial charge in [0, 0.05) is 30.4 Å². The van der Waals surface area contributed by atoms with Gasteiger partial charge in [-0.15, -0.1) is 11.3 Å². The predicted molar refractivity (Wildman–Crippen MR) is 67.1 cm³/mol. The molecule has 0 bridgehead atoms. The molecule has 0 spiro atoms. The van der Waals surface area contributed by atoms with E-state index in [1.54, 1.807) is 13.1 Å². The van der Waals surface area contributed by atoms with Crippen LogP contribution in [-0.4, -0.2) is 32.2 Å². The van der Waals surface area contributed by atoms with E-state index < -0.39 is 5.97 Å². The smallest absolute Gasteiger partial charge is 0.355 e. The van der Waals surface area contributed by atoms with Gasteiger partial charge in [0.15, 0.2) is 10.8 Å². The van der Waals surface area contributed by atoms with Crippen LogP contribution in [0, 0.1) is 6.92 Å². The topological polar surface area (TPSA) is 71.2 Å². The standard InChI is InChI=1S/C11H12N4O2S/c1-7-9(10(16)17)13-11(18-7)15-5-4-14-3-2-12-8(14)6-15/h2-3H,4-6H2,1H3,(H,16,17). The zero-order valence-corrected chi connectivity index (χ0v) is 10.6. The summed E-state index contributed by atoms with van der Waals surface area (Å²) in [7, 11) is 0. The van der Waals surface area contributed by atoms with Gasteiger partial charge in [0.2, 0.25) is 0 Å². The van der Waals surface area contributed by atoms with Gasteiger partial charge in [-0.2, -0.15) is 0 Å². The van der Waals surface area contributed by atoms with Gasteiger partial charge < -0.3 is 14.6 Å². The third-order valence-corrected chi connectivity index (χ3v) is 4.03. The Hall–Kier alpha value is -1.89. The van der Waals surface area contributed by atoms with Crippen molar-refractivity contribution >= 4 is 22.4 Å². The number of aryl methyl sites for hydroxylation is 1. The molecule has 0 atom stereocenters. The molecule has 0 aliphatic carbocycles. The summed E-state index contributed by atoms with van der Waals surface area (Å²) in [5.41, 5.74) is 0.156. The molecule has 2 aromatic heterocycles. The number of hydrogen-bond acceptors (Lipinski definition) is 5. The average molecular weight is 264 g/mol. The number of aromatic carboxylic acids is 1. The van der Waals surface area contributed by atoms with Gasteiger partial charge in [-0.1, -0.05) is 0 Å². The highest BCUT2D eigenvalue weighted by Crippen LogP contribution is 2.28. The number of nitrogens with zero attached hydrogens (tertiary/aromatic N) is 4. The molecule has 3 rings (SSSR count). The van der Waals surface area contributed by atoms with Crippen molar-refractivity contribution in [1.29, 1.82) is 0 Å². The minimum absolute atomic E-state index is 0.156. The number of carbonyl (C=O) groups is 1. The first-order valence-corrected chi connectivity index (χ1v) is 6.42. The second-order valence-corrected chi connectivity index (χ2v) is 5.35. The minimum Gasteiger partial charge on any atom is -0.476 e. The average Bonchev–Trinajstić information content (AvgIpc) is 2.93. The van der Waals surface area contributed by atoms with Gasteiger partial charge >= 0.3 is 5.97 Å². The first kappa shape index (κ1) is 11.2. The lowest BCUT2D eigenvalue weighted by Gasteiger charge is -2.27. The van der Waals surface area contributed by atoms with Crippen LogP contribution in [0.25, 0.3) is 0 Å². The Morgan fingerprint density at radius 3 is 3.06 bits per heavy atom. The molecular weight excluding hydrogens is 252 g/mol. The van der Waals surface area contributed by atoms with Gasteiger partial charge in [0.25, 0.3) is 0 Å². The van der Waals surface area contributed by atoms with Crippen molar-refractivity contribution < 1.29 is 9.90 Å². The minimum atomic E-state index is -0.964. The number of fused-ring (bicyclic) bond motifs is 1. The number of aromatic nitrogens is 3. The molecule has 1 N–H and O–H groups in total. The Morgan fingerprint density at radius 1 is 1.50 bits per heavy atom. The molecule has 6 nitrogen and oxygen atoms in total. The normalized spacial score (nSPS) is 14.6. The Balaban J connectivity index is 1.89. The van der Waals surface area contributed by atoms with Crippen molar-refractivity contribution in [3.8, 4) is 0 Å². The highest BCUT2D eigenvalue weighted by atomic mass is 32.1. The lowest BCUT2D eigenvalue weighted by molar-refractivity contribution is 0.0690. The van der Waals surface area contributed by atoms with Crippen LogP contribution in [-0.2, 0) is 13.1 Å². The second kappa shape index (κ2) is 4.09. The van der Waals surface area contributed by atoms with Crippen LogP contribution < -0.4 is 4.90 Å². The van der Waals surface area contributed by atoms with E-state index in [2.05, 4.69) is 19.4 Å². The maximum absolute atomic E-state index is 11.0. The fourth-order valence-electron chi connectivity index (χ4n) is 2.05. The lowest BCUT2D eigenvalue weighted by Crippen LogP contribution is -2.33. The highest BCUT2D eigenvalue weighted by Gasteiger charge is 2.22. The van der Waals surface area contributed by atoms with E-state index in [4.69, 9.17) is 5.11 Å². The Kier molecular flexibility index (Phi) is 2.55. The molecular formula is C11H12N4O2S. The van der Waals surface area contributed by atoms with Crippen LogP contribution in [0.2, 0.25) is 0 Å². The summed E-state index contributed by atoms with van der Waals surface area (Å²) in [6.45, 7) is 4.15. The van der Waals surface area contributed by atoms with E-state index >= 15 is 0 Å². The van der Waals surface area contributed by atoms with Gasteiger partial charge in [-0.05, 0) is 6.92 Å². The molecule has 7 heteroatoms. The summed E-state index contributed by atoms with van der Waals surface area (Å²) in [4.78, 5) is 22.3. The number of anilines is 1. The van der Waals surface area contributed by atoms with Gasteiger partial charge in [0.05, 0.1) is 6.54 Å². The quantitative estimate of drug-likeness (QED) is 0.887.